The predicted octanol–water partition coefficient (Wildman–Crippen LogP) is 3.76. The Bertz CT molecular complexity index is 1280. The number of methoxy groups -OCH3 is 3. The van der Waals surface area contributed by atoms with Crippen LogP contribution in [0.15, 0.2) is 71.6 Å². The Balaban J connectivity index is 1.76. The van der Waals surface area contributed by atoms with Gasteiger partial charge in [0.15, 0.2) is 23.0 Å². The summed E-state index contributed by atoms with van der Waals surface area (Å²) < 4.78 is 49.5. The molecule has 192 valence electrons. The van der Waals surface area contributed by atoms with E-state index >= 15 is 0 Å². The summed E-state index contributed by atoms with van der Waals surface area (Å²) in [5.41, 5.74) is 0.273. The van der Waals surface area contributed by atoms with E-state index in [4.69, 9.17) is 30.5 Å². The number of hydrogen-bond donors (Lipinski definition) is 1. The highest BCUT2D eigenvalue weighted by molar-refractivity contribution is 7.92. The number of nitrogens with one attached hydrogen (secondary N) is 1. The Hall–Kier alpha value is -3.63. The minimum absolute atomic E-state index is 0.0672. The molecule has 0 aliphatic rings. The molecule has 0 bridgehead atoms. The third-order valence-corrected chi connectivity index (χ3v) is 7.12. The lowest BCUT2D eigenvalue weighted by Gasteiger charge is -2.24. The van der Waals surface area contributed by atoms with Crippen LogP contribution < -0.4 is 28.6 Å². The van der Waals surface area contributed by atoms with Gasteiger partial charge in [0.05, 0.1) is 38.5 Å². The number of rotatable bonds is 12. The Labute approximate surface area is 215 Å². The highest BCUT2D eigenvalue weighted by Gasteiger charge is 2.28. The number of benzene rings is 3. The van der Waals surface area contributed by atoms with E-state index in [9.17, 15) is 13.2 Å². The fourth-order valence-corrected chi connectivity index (χ4v) is 4.87. The smallest absolute Gasteiger partial charge is 0.264 e. The van der Waals surface area contributed by atoms with Gasteiger partial charge in [-0.3, -0.25) is 9.10 Å². The molecule has 3 aromatic rings. The van der Waals surface area contributed by atoms with Crippen molar-refractivity contribution in [2.45, 2.75) is 4.90 Å². The van der Waals surface area contributed by atoms with Gasteiger partial charge in [-0.05, 0) is 48.5 Å². The van der Waals surface area contributed by atoms with Gasteiger partial charge >= 0.3 is 0 Å². The standard InChI is InChI=1S/C25H27ClN2O7S/c1-32-21-6-4-5-7-23(21)35-15-14-27-25(29)17-28(19-10-8-18(26)9-11-19)36(30,31)20-12-13-22(33-2)24(16-20)34-3/h4-13,16H,14-15,17H2,1-3H3,(H,27,29). The molecule has 0 fully saturated rings. The zero-order valence-electron chi connectivity index (χ0n) is 20.1. The van der Waals surface area contributed by atoms with Crippen molar-refractivity contribution in [3.63, 3.8) is 0 Å². The number of halogens is 1. The molecular weight excluding hydrogens is 508 g/mol. The molecule has 0 aliphatic carbocycles. The Morgan fingerprint density at radius 1 is 0.861 bits per heavy atom. The molecule has 3 rings (SSSR count). The zero-order chi connectivity index (χ0) is 26.1. The quantitative estimate of drug-likeness (QED) is 0.353. The van der Waals surface area contributed by atoms with Crippen LogP contribution in [0.2, 0.25) is 5.02 Å². The second-order valence-corrected chi connectivity index (χ2v) is 9.65. The topological polar surface area (TPSA) is 103 Å². The molecule has 36 heavy (non-hydrogen) atoms. The number of ether oxygens (including phenoxy) is 4. The summed E-state index contributed by atoms with van der Waals surface area (Å²) in [5.74, 6) is 1.21. The molecule has 0 heterocycles. The fourth-order valence-electron chi connectivity index (χ4n) is 3.30. The normalized spacial score (nSPS) is 10.9. The molecule has 0 aromatic heterocycles. The summed E-state index contributed by atoms with van der Waals surface area (Å²) in [5, 5.41) is 3.12. The van der Waals surface area contributed by atoms with E-state index in [-0.39, 0.29) is 29.5 Å². The van der Waals surface area contributed by atoms with Crippen LogP contribution in [0.5, 0.6) is 23.0 Å². The zero-order valence-corrected chi connectivity index (χ0v) is 21.6. The van der Waals surface area contributed by atoms with Crippen molar-refractivity contribution in [3.05, 3.63) is 71.8 Å². The van der Waals surface area contributed by atoms with Crippen LogP contribution in [0.3, 0.4) is 0 Å². The minimum Gasteiger partial charge on any atom is -0.493 e. The summed E-state index contributed by atoms with van der Waals surface area (Å²) in [6.07, 6.45) is 0. The van der Waals surface area contributed by atoms with E-state index in [0.717, 1.165) is 4.31 Å². The predicted molar refractivity (Wildman–Crippen MR) is 137 cm³/mol. The molecule has 1 amide bonds. The van der Waals surface area contributed by atoms with Crippen LogP contribution in [-0.4, -0.2) is 55.4 Å². The maximum atomic E-state index is 13.6. The maximum absolute atomic E-state index is 13.6. The van der Waals surface area contributed by atoms with E-state index in [1.165, 1.54) is 51.7 Å². The molecule has 0 atom stereocenters. The van der Waals surface area contributed by atoms with Crippen molar-refractivity contribution >= 4 is 33.2 Å². The summed E-state index contributed by atoms with van der Waals surface area (Å²) in [6, 6.07) is 17.5. The molecule has 0 aliphatic heterocycles. The monoisotopic (exact) mass is 534 g/mol. The molecule has 3 aromatic carbocycles. The van der Waals surface area contributed by atoms with Gasteiger partial charge in [0.25, 0.3) is 10.0 Å². The van der Waals surface area contributed by atoms with Crippen molar-refractivity contribution in [1.29, 1.82) is 0 Å². The van der Waals surface area contributed by atoms with Gasteiger partial charge in [0, 0.05) is 11.1 Å². The molecule has 0 saturated carbocycles. The van der Waals surface area contributed by atoms with Crippen LogP contribution in [0.25, 0.3) is 0 Å². The van der Waals surface area contributed by atoms with Gasteiger partial charge in [-0.25, -0.2) is 8.42 Å². The highest BCUT2D eigenvalue weighted by atomic mass is 35.5. The van der Waals surface area contributed by atoms with Gasteiger partial charge in [0.2, 0.25) is 5.91 Å². The first-order valence-corrected chi connectivity index (χ1v) is 12.6. The van der Waals surface area contributed by atoms with Crippen LogP contribution in [0.1, 0.15) is 0 Å². The molecule has 0 radical (unpaired) electrons. The van der Waals surface area contributed by atoms with Crippen LogP contribution in [-0.2, 0) is 14.8 Å². The van der Waals surface area contributed by atoms with Crippen LogP contribution in [0.4, 0.5) is 5.69 Å². The largest absolute Gasteiger partial charge is 0.493 e. The van der Waals surface area contributed by atoms with Crippen LogP contribution in [0, 0.1) is 0 Å². The molecule has 11 heteroatoms. The number of nitrogens with zero attached hydrogens (tertiary/aromatic N) is 1. The van der Waals surface area contributed by atoms with Gasteiger partial charge in [-0.1, -0.05) is 23.7 Å². The first-order chi connectivity index (χ1) is 17.3. The summed E-state index contributed by atoms with van der Waals surface area (Å²) in [7, 11) is 0.241. The second kappa shape index (κ2) is 12.4. The van der Waals surface area contributed by atoms with Crippen molar-refractivity contribution in [1.82, 2.24) is 5.32 Å². The SMILES string of the molecule is COc1ccc(S(=O)(=O)N(CC(=O)NCCOc2ccccc2OC)c2ccc(Cl)cc2)cc1OC. The highest BCUT2D eigenvalue weighted by Crippen LogP contribution is 2.32. The number of amides is 1. The number of carbonyl (C=O) groups is 1. The number of sulfonamides is 1. The van der Waals surface area contributed by atoms with Crippen molar-refractivity contribution in [2.75, 3.05) is 45.3 Å². The third kappa shape index (κ3) is 6.52. The Kier molecular flexibility index (Phi) is 9.26. The van der Waals surface area contributed by atoms with E-state index in [1.54, 1.807) is 30.3 Å². The van der Waals surface area contributed by atoms with E-state index in [0.29, 0.717) is 22.3 Å². The molecule has 0 saturated heterocycles. The third-order valence-electron chi connectivity index (χ3n) is 5.10. The number of carbonyl (C=O) groups excluding carboxylic acids is 1. The van der Waals surface area contributed by atoms with Gasteiger partial charge in [-0.2, -0.15) is 0 Å². The minimum atomic E-state index is -4.16. The molecule has 0 unspecified atom stereocenters. The lowest BCUT2D eigenvalue weighted by atomic mass is 10.3. The molecular formula is C25H27ClN2O7S. The first kappa shape index (κ1) is 27.0. The summed E-state index contributed by atoms with van der Waals surface area (Å²) >= 11 is 5.98. The van der Waals surface area contributed by atoms with Crippen molar-refractivity contribution in [2.24, 2.45) is 0 Å². The fraction of sp³-hybridized carbons (Fsp3) is 0.240. The molecule has 9 nitrogen and oxygen atoms in total. The van der Waals surface area contributed by atoms with Gasteiger partial charge in [0.1, 0.15) is 13.2 Å². The average molecular weight is 535 g/mol. The average Bonchev–Trinajstić information content (AvgIpc) is 2.90. The van der Waals surface area contributed by atoms with Gasteiger partial charge < -0.3 is 24.3 Å². The molecule has 0 spiro atoms. The Morgan fingerprint density at radius 3 is 2.11 bits per heavy atom. The van der Waals surface area contributed by atoms with Crippen molar-refractivity contribution < 1.29 is 32.2 Å². The Morgan fingerprint density at radius 2 is 1.47 bits per heavy atom. The van der Waals surface area contributed by atoms with Crippen LogP contribution >= 0.6 is 11.6 Å². The molecule has 1 N–H and O–H groups in total. The number of anilines is 1. The second-order valence-electron chi connectivity index (χ2n) is 7.35. The van der Waals surface area contributed by atoms with E-state index in [1.807, 2.05) is 6.07 Å². The number of para-hydroxylation sites is 2. The lowest BCUT2D eigenvalue weighted by Crippen LogP contribution is -2.41. The van der Waals surface area contributed by atoms with E-state index < -0.39 is 22.5 Å². The van der Waals surface area contributed by atoms with Crippen molar-refractivity contribution in [3.8, 4) is 23.0 Å². The summed E-state index contributed by atoms with van der Waals surface area (Å²) in [4.78, 5) is 12.7. The first-order valence-electron chi connectivity index (χ1n) is 10.8. The maximum Gasteiger partial charge on any atom is 0.264 e. The van der Waals surface area contributed by atoms with Gasteiger partial charge in [-0.15, -0.1) is 0 Å². The number of hydrogen-bond acceptors (Lipinski definition) is 7. The lowest BCUT2D eigenvalue weighted by molar-refractivity contribution is -0.119. The van der Waals surface area contributed by atoms with E-state index in [2.05, 4.69) is 5.32 Å². The summed E-state index contributed by atoms with van der Waals surface area (Å²) in [6.45, 7) is -0.149.